The van der Waals surface area contributed by atoms with E-state index >= 15 is 0 Å². The molecule has 0 aliphatic carbocycles. The van der Waals surface area contributed by atoms with Crippen LogP contribution in [-0.2, 0) is 0 Å². The van der Waals surface area contributed by atoms with E-state index in [2.05, 4.69) is 35.6 Å². The van der Waals surface area contributed by atoms with Crippen LogP contribution in [0.1, 0.15) is 26.7 Å². The maximum absolute atomic E-state index is 6.43. The normalized spacial score (nSPS) is 13.1. The number of fused-ring (bicyclic) bond motifs is 1. The first-order valence-electron chi connectivity index (χ1n) is 6.46. The summed E-state index contributed by atoms with van der Waals surface area (Å²) < 4.78 is 1.26. The summed E-state index contributed by atoms with van der Waals surface area (Å²) in [5.74, 6) is 1.52. The van der Waals surface area contributed by atoms with Crippen molar-refractivity contribution in [3.63, 3.8) is 0 Å². The van der Waals surface area contributed by atoms with E-state index in [1.54, 1.807) is 11.3 Å². The molecule has 98 valence electrons. The number of alkyl halides is 1. The highest BCUT2D eigenvalue weighted by Gasteiger charge is 2.15. The molecule has 0 radical (unpaired) electrons. The lowest BCUT2D eigenvalue weighted by atomic mass is 9.99. The number of hydrogen-bond donors (Lipinski definition) is 1. The fourth-order valence-corrected chi connectivity index (χ4v) is 3.41. The van der Waals surface area contributed by atoms with Gasteiger partial charge in [-0.1, -0.05) is 26.7 Å². The van der Waals surface area contributed by atoms with Gasteiger partial charge in [0.05, 0.1) is 5.38 Å². The molecule has 18 heavy (non-hydrogen) atoms. The smallest absolute Gasteiger partial charge is 0.134 e. The number of nitrogens with zero attached hydrogens (tertiary/aromatic N) is 1. The van der Waals surface area contributed by atoms with Gasteiger partial charge in [0.15, 0.2) is 0 Å². The third-order valence-electron chi connectivity index (χ3n) is 3.40. The zero-order chi connectivity index (χ0) is 13.0. The molecule has 0 aromatic carbocycles. The van der Waals surface area contributed by atoms with Crippen LogP contribution >= 0.6 is 22.9 Å². The van der Waals surface area contributed by atoms with Crippen molar-refractivity contribution < 1.29 is 0 Å². The SMILES string of the molecule is CCC(CC)C(Cl)CNc1nccc2sccc12. The summed E-state index contributed by atoms with van der Waals surface area (Å²) >= 11 is 8.17. The molecule has 0 saturated carbocycles. The van der Waals surface area contributed by atoms with Crippen LogP contribution in [0.2, 0.25) is 0 Å². The molecule has 1 N–H and O–H groups in total. The van der Waals surface area contributed by atoms with Gasteiger partial charge < -0.3 is 5.32 Å². The second-order valence-electron chi connectivity index (χ2n) is 4.47. The van der Waals surface area contributed by atoms with Gasteiger partial charge in [0.25, 0.3) is 0 Å². The van der Waals surface area contributed by atoms with Crippen LogP contribution in [-0.4, -0.2) is 16.9 Å². The summed E-state index contributed by atoms with van der Waals surface area (Å²) in [6.07, 6.45) is 4.10. The second-order valence-corrected chi connectivity index (χ2v) is 5.97. The summed E-state index contributed by atoms with van der Waals surface area (Å²) in [5, 5.41) is 6.83. The predicted molar refractivity (Wildman–Crippen MR) is 81.8 cm³/mol. The summed E-state index contributed by atoms with van der Waals surface area (Å²) in [7, 11) is 0. The maximum atomic E-state index is 6.43. The van der Waals surface area contributed by atoms with E-state index in [4.69, 9.17) is 11.6 Å². The quantitative estimate of drug-likeness (QED) is 0.773. The Kier molecular flexibility index (Phi) is 4.84. The van der Waals surface area contributed by atoms with Gasteiger partial charge in [-0.15, -0.1) is 22.9 Å². The van der Waals surface area contributed by atoms with Crippen LogP contribution in [0.4, 0.5) is 5.82 Å². The number of rotatable bonds is 6. The zero-order valence-electron chi connectivity index (χ0n) is 10.8. The van der Waals surface area contributed by atoms with E-state index in [0.29, 0.717) is 5.92 Å². The largest absolute Gasteiger partial charge is 0.368 e. The van der Waals surface area contributed by atoms with Crippen molar-refractivity contribution >= 4 is 38.8 Å². The van der Waals surface area contributed by atoms with Crippen LogP contribution in [0.15, 0.2) is 23.7 Å². The third kappa shape index (κ3) is 2.96. The van der Waals surface area contributed by atoms with Crippen molar-refractivity contribution in [2.75, 3.05) is 11.9 Å². The molecule has 0 saturated heterocycles. The molecule has 1 unspecified atom stereocenters. The van der Waals surface area contributed by atoms with Gasteiger partial charge >= 0.3 is 0 Å². The fraction of sp³-hybridized carbons (Fsp3) is 0.500. The first-order chi connectivity index (χ1) is 8.76. The highest BCUT2D eigenvalue weighted by atomic mass is 35.5. The van der Waals surface area contributed by atoms with Crippen molar-refractivity contribution in [3.8, 4) is 0 Å². The van der Waals surface area contributed by atoms with Crippen LogP contribution in [0.3, 0.4) is 0 Å². The molecule has 0 aliphatic heterocycles. The Bertz CT molecular complexity index is 493. The van der Waals surface area contributed by atoms with E-state index in [9.17, 15) is 0 Å². The Morgan fingerprint density at radius 3 is 2.83 bits per heavy atom. The zero-order valence-corrected chi connectivity index (χ0v) is 12.4. The Morgan fingerprint density at radius 1 is 1.33 bits per heavy atom. The van der Waals surface area contributed by atoms with Crippen molar-refractivity contribution in [3.05, 3.63) is 23.7 Å². The molecule has 0 aliphatic rings. The standard InChI is InChI=1S/C14H19ClN2S/c1-3-10(4-2)12(15)9-17-14-11-6-8-18-13(11)5-7-16-14/h5-8,10,12H,3-4,9H2,1-2H3,(H,16,17). The number of pyridine rings is 1. The molecule has 1 atom stereocenters. The van der Waals surface area contributed by atoms with E-state index in [1.165, 1.54) is 10.1 Å². The Morgan fingerprint density at radius 2 is 2.11 bits per heavy atom. The van der Waals surface area contributed by atoms with Crippen LogP contribution in [0.5, 0.6) is 0 Å². The summed E-state index contributed by atoms with van der Waals surface area (Å²) in [6.45, 7) is 5.17. The molecule has 0 amide bonds. The number of halogens is 1. The predicted octanol–water partition coefficient (Wildman–Crippen LogP) is 4.75. The molecular formula is C14H19ClN2S. The molecule has 0 spiro atoms. The topological polar surface area (TPSA) is 24.9 Å². The van der Waals surface area contributed by atoms with E-state index in [-0.39, 0.29) is 5.38 Å². The lowest BCUT2D eigenvalue weighted by molar-refractivity contribution is 0.475. The van der Waals surface area contributed by atoms with Gasteiger partial charge in [-0.25, -0.2) is 4.98 Å². The van der Waals surface area contributed by atoms with Gasteiger partial charge in [-0.05, 0) is 23.4 Å². The average Bonchev–Trinajstić information content (AvgIpc) is 2.86. The third-order valence-corrected chi connectivity index (χ3v) is 4.80. The number of anilines is 1. The lowest BCUT2D eigenvalue weighted by Crippen LogP contribution is -2.23. The summed E-state index contributed by atoms with van der Waals surface area (Å²) in [5.41, 5.74) is 0. The molecule has 2 heterocycles. The van der Waals surface area contributed by atoms with Crippen molar-refractivity contribution in [1.82, 2.24) is 4.98 Å². The number of thiophene rings is 1. The maximum Gasteiger partial charge on any atom is 0.134 e. The first-order valence-corrected chi connectivity index (χ1v) is 7.78. The molecule has 2 nitrogen and oxygen atoms in total. The van der Waals surface area contributed by atoms with Crippen molar-refractivity contribution in [1.29, 1.82) is 0 Å². The molecule has 2 rings (SSSR count). The molecule has 2 aromatic rings. The Labute approximate surface area is 117 Å². The molecule has 0 fully saturated rings. The number of hydrogen-bond acceptors (Lipinski definition) is 3. The monoisotopic (exact) mass is 282 g/mol. The van der Waals surface area contributed by atoms with Crippen molar-refractivity contribution in [2.24, 2.45) is 5.92 Å². The highest BCUT2D eigenvalue weighted by Crippen LogP contribution is 2.26. The molecular weight excluding hydrogens is 264 g/mol. The van der Waals surface area contributed by atoms with E-state index < -0.39 is 0 Å². The average molecular weight is 283 g/mol. The second kappa shape index (κ2) is 6.39. The van der Waals surface area contributed by atoms with Crippen LogP contribution < -0.4 is 5.32 Å². The van der Waals surface area contributed by atoms with E-state index in [0.717, 1.165) is 25.2 Å². The summed E-state index contributed by atoms with van der Waals surface area (Å²) in [4.78, 5) is 4.40. The minimum Gasteiger partial charge on any atom is -0.368 e. The highest BCUT2D eigenvalue weighted by molar-refractivity contribution is 7.17. The lowest BCUT2D eigenvalue weighted by Gasteiger charge is -2.19. The minimum atomic E-state index is 0.163. The van der Waals surface area contributed by atoms with Crippen molar-refractivity contribution in [2.45, 2.75) is 32.1 Å². The molecule has 4 heteroatoms. The van der Waals surface area contributed by atoms with Crippen LogP contribution in [0.25, 0.3) is 10.1 Å². The Balaban J connectivity index is 2.04. The number of nitrogens with one attached hydrogen (secondary N) is 1. The van der Waals surface area contributed by atoms with Gasteiger partial charge in [0.1, 0.15) is 5.82 Å². The Hall–Kier alpha value is -0.800. The van der Waals surface area contributed by atoms with Crippen LogP contribution in [0, 0.1) is 5.92 Å². The number of aromatic nitrogens is 1. The van der Waals surface area contributed by atoms with Gasteiger partial charge in [0.2, 0.25) is 0 Å². The molecule has 0 bridgehead atoms. The van der Waals surface area contributed by atoms with Gasteiger partial charge in [-0.2, -0.15) is 0 Å². The minimum absolute atomic E-state index is 0.163. The summed E-state index contributed by atoms with van der Waals surface area (Å²) in [6, 6.07) is 4.15. The first kappa shape index (κ1) is 13.6. The van der Waals surface area contributed by atoms with Gasteiger partial charge in [0, 0.05) is 22.8 Å². The van der Waals surface area contributed by atoms with E-state index in [1.807, 2.05) is 12.3 Å². The fourth-order valence-electron chi connectivity index (χ4n) is 2.20. The molecule has 2 aromatic heterocycles. The van der Waals surface area contributed by atoms with Gasteiger partial charge in [-0.3, -0.25) is 0 Å².